The Bertz CT molecular complexity index is 1090. The second-order valence-corrected chi connectivity index (χ2v) is 8.92. The number of aromatic amines is 1. The summed E-state index contributed by atoms with van der Waals surface area (Å²) in [5.74, 6) is 0.568. The molecular formula is C25H32N6O2. The van der Waals surface area contributed by atoms with Crippen molar-refractivity contribution < 1.29 is 9.59 Å². The van der Waals surface area contributed by atoms with Crippen molar-refractivity contribution in [3.05, 3.63) is 53.9 Å². The van der Waals surface area contributed by atoms with Crippen molar-refractivity contribution in [2.75, 3.05) is 5.32 Å². The molecule has 33 heavy (non-hydrogen) atoms. The largest absolute Gasteiger partial charge is 0.342 e. The van der Waals surface area contributed by atoms with Crippen molar-refractivity contribution in [3.8, 4) is 11.1 Å². The van der Waals surface area contributed by atoms with Crippen LogP contribution in [0.15, 0.2) is 36.7 Å². The van der Waals surface area contributed by atoms with E-state index in [2.05, 4.69) is 25.8 Å². The first-order chi connectivity index (χ1) is 15.9. The number of carbonyl (C=O) groups is 2. The molecule has 0 aliphatic heterocycles. The molecule has 3 N–H and O–H groups in total. The van der Waals surface area contributed by atoms with Crippen LogP contribution in [-0.2, 0) is 16.1 Å². The van der Waals surface area contributed by atoms with Crippen LogP contribution in [0, 0.1) is 26.7 Å². The summed E-state index contributed by atoms with van der Waals surface area (Å²) >= 11 is 0. The van der Waals surface area contributed by atoms with Gasteiger partial charge in [0.2, 0.25) is 11.8 Å². The average Bonchev–Trinajstić information content (AvgIpc) is 3.37. The molecular weight excluding hydrogens is 416 g/mol. The number of nitrogens with one attached hydrogen (secondary N) is 3. The minimum absolute atomic E-state index is 0.141. The van der Waals surface area contributed by atoms with Gasteiger partial charge in [-0.1, -0.05) is 31.4 Å². The molecule has 0 spiro atoms. The standard InChI is InChI=1S/C25H32N6O2/c1-16-23(17(2)30-29-16)19-9-11-21(12-10-19)27-25(33)24(20-7-5-4-6-8-20)28-22(32)15-31-14-13-26-18(31)3/h9-14,20,24H,4-8,15H2,1-3H3,(H,27,33)(H,28,32)(H,29,30)/t24-/m0/s1. The molecule has 0 radical (unpaired) electrons. The number of hydrogen-bond acceptors (Lipinski definition) is 4. The summed E-state index contributed by atoms with van der Waals surface area (Å²) in [6.45, 7) is 5.97. The predicted molar refractivity (Wildman–Crippen MR) is 128 cm³/mol. The molecule has 1 fully saturated rings. The topological polar surface area (TPSA) is 105 Å². The van der Waals surface area contributed by atoms with Crippen molar-refractivity contribution in [2.24, 2.45) is 5.92 Å². The first kappa shape index (κ1) is 22.8. The van der Waals surface area contributed by atoms with Gasteiger partial charge in [0.1, 0.15) is 18.4 Å². The number of H-pyrrole nitrogens is 1. The Kier molecular flexibility index (Phi) is 6.91. The molecule has 2 amide bonds. The molecule has 0 bridgehead atoms. The van der Waals surface area contributed by atoms with Gasteiger partial charge in [0.05, 0.1) is 5.69 Å². The van der Waals surface area contributed by atoms with Crippen LogP contribution in [0.5, 0.6) is 0 Å². The lowest BCUT2D eigenvalue weighted by Gasteiger charge is -2.30. The van der Waals surface area contributed by atoms with Gasteiger partial charge in [0.25, 0.3) is 0 Å². The van der Waals surface area contributed by atoms with Crippen LogP contribution in [0.2, 0.25) is 0 Å². The summed E-state index contributed by atoms with van der Waals surface area (Å²) in [6, 6.07) is 7.20. The molecule has 1 saturated carbocycles. The zero-order valence-electron chi connectivity index (χ0n) is 19.5. The van der Waals surface area contributed by atoms with E-state index in [4.69, 9.17) is 0 Å². The van der Waals surface area contributed by atoms with Gasteiger partial charge in [-0.05, 0) is 57.2 Å². The van der Waals surface area contributed by atoms with E-state index in [0.717, 1.165) is 54.0 Å². The highest BCUT2D eigenvalue weighted by atomic mass is 16.2. The minimum Gasteiger partial charge on any atom is -0.342 e. The SMILES string of the molecule is Cc1n[nH]c(C)c1-c1ccc(NC(=O)[C@@H](NC(=O)Cn2ccnc2C)C2CCCCC2)cc1. The normalized spacial score (nSPS) is 15.2. The third-order valence-electron chi connectivity index (χ3n) is 6.53. The summed E-state index contributed by atoms with van der Waals surface area (Å²) < 4.78 is 1.78. The Morgan fingerprint density at radius 3 is 2.45 bits per heavy atom. The van der Waals surface area contributed by atoms with E-state index in [9.17, 15) is 9.59 Å². The Hall–Kier alpha value is -3.42. The highest BCUT2D eigenvalue weighted by Crippen LogP contribution is 2.29. The minimum atomic E-state index is -0.556. The van der Waals surface area contributed by atoms with Crippen LogP contribution < -0.4 is 10.6 Å². The highest BCUT2D eigenvalue weighted by Gasteiger charge is 2.31. The molecule has 8 nitrogen and oxygen atoms in total. The van der Waals surface area contributed by atoms with Gasteiger partial charge in [-0.15, -0.1) is 0 Å². The van der Waals surface area contributed by atoms with Crippen molar-refractivity contribution in [1.82, 2.24) is 25.1 Å². The molecule has 3 aromatic rings. The number of hydrogen-bond donors (Lipinski definition) is 3. The second-order valence-electron chi connectivity index (χ2n) is 8.92. The van der Waals surface area contributed by atoms with E-state index in [1.807, 2.05) is 45.0 Å². The summed E-state index contributed by atoms with van der Waals surface area (Å²) in [4.78, 5) is 30.2. The van der Waals surface area contributed by atoms with Gasteiger partial charge >= 0.3 is 0 Å². The van der Waals surface area contributed by atoms with E-state index >= 15 is 0 Å². The molecule has 8 heteroatoms. The average molecular weight is 449 g/mol. The Morgan fingerprint density at radius 2 is 1.85 bits per heavy atom. The molecule has 4 rings (SSSR count). The smallest absolute Gasteiger partial charge is 0.247 e. The lowest BCUT2D eigenvalue weighted by Crippen LogP contribution is -2.49. The van der Waals surface area contributed by atoms with Crippen LogP contribution in [0.1, 0.15) is 49.3 Å². The fourth-order valence-corrected chi connectivity index (χ4v) is 4.73. The van der Waals surface area contributed by atoms with E-state index in [1.54, 1.807) is 17.0 Å². The molecule has 1 aliphatic rings. The summed E-state index contributed by atoms with van der Waals surface area (Å²) in [6.07, 6.45) is 8.69. The van der Waals surface area contributed by atoms with Crippen LogP contribution in [0.3, 0.4) is 0 Å². The lowest BCUT2D eigenvalue weighted by atomic mass is 9.83. The molecule has 174 valence electrons. The molecule has 1 aromatic carbocycles. The zero-order valence-corrected chi connectivity index (χ0v) is 19.5. The number of carbonyl (C=O) groups excluding carboxylic acids is 2. The Labute approximate surface area is 194 Å². The van der Waals surface area contributed by atoms with Gasteiger partial charge in [0.15, 0.2) is 0 Å². The third kappa shape index (κ3) is 5.32. The van der Waals surface area contributed by atoms with Gasteiger partial charge in [-0.3, -0.25) is 14.7 Å². The first-order valence-corrected chi connectivity index (χ1v) is 11.6. The highest BCUT2D eigenvalue weighted by molar-refractivity contribution is 5.97. The number of anilines is 1. The van der Waals surface area contributed by atoms with Crippen LogP contribution in [0.4, 0.5) is 5.69 Å². The second kappa shape index (κ2) is 10.0. The molecule has 2 heterocycles. The number of aryl methyl sites for hydroxylation is 3. The number of nitrogens with zero attached hydrogens (tertiary/aromatic N) is 3. The molecule has 1 aliphatic carbocycles. The number of benzene rings is 1. The van der Waals surface area contributed by atoms with Crippen molar-refractivity contribution in [2.45, 2.75) is 65.5 Å². The van der Waals surface area contributed by atoms with E-state index in [1.165, 1.54) is 6.42 Å². The predicted octanol–water partition coefficient (Wildman–Crippen LogP) is 3.90. The quantitative estimate of drug-likeness (QED) is 0.510. The molecule has 0 unspecified atom stereocenters. The van der Waals surface area contributed by atoms with E-state index < -0.39 is 6.04 Å². The fourth-order valence-electron chi connectivity index (χ4n) is 4.73. The maximum absolute atomic E-state index is 13.3. The summed E-state index contributed by atoms with van der Waals surface area (Å²) in [7, 11) is 0. The Balaban J connectivity index is 1.46. The van der Waals surface area contributed by atoms with Gasteiger partial charge in [-0.2, -0.15) is 5.10 Å². The summed E-state index contributed by atoms with van der Waals surface area (Å²) in [5.41, 5.74) is 4.79. The zero-order chi connectivity index (χ0) is 23.4. The van der Waals surface area contributed by atoms with Crippen molar-refractivity contribution in [3.63, 3.8) is 0 Å². The van der Waals surface area contributed by atoms with Crippen LogP contribution in [0.25, 0.3) is 11.1 Å². The third-order valence-corrected chi connectivity index (χ3v) is 6.53. The maximum Gasteiger partial charge on any atom is 0.247 e. The van der Waals surface area contributed by atoms with E-state index in [0.29, 0.717) is 5.69 Å². The maximum atomic E-state index is 13.3. The van der Waals surface area contributed by atoms with Gasteiger partial charge < -0.3 is 15.2 Å². The molecule has 2 aromatic heterocycles. The van der Waals surface area contributed by atoms with Crippen LogP contribution >= 0.6 is 0 Å². The van der Waals surface area contributed by atoms with Gasteiger partial charge in [0, 0.05) is 29.3 Å². The molecule has 1 atom stereocenters. The fraction of sp³-hybridized carbons (Fsp3) is 0.440. The van der Waals surface area contributed by atoms with Crippen LogP contribution in [-0.4, -0.2) is 37.6 Å². The Morgan fingerprint density at radius 1 is 1.12 bits per heavy atom. The van der Waals surface area contributed by atoms with Gasteiger partial charge in [-0.25, -0.2) is 4.98 Å². The summed E-state index contributed by atoms with van der Waals surface area (Å²) in [5, 5.41) is 13.3. The first-order valence-electron chi connectivity index (χ1n) is 11.6. The number of aromatic nitrogens is 4. The van der Waals surface area contributed by atoms with Crippen molar-refractivity contribution in [1.29, 1.82) is 0 Å². The monoisotopic (exact) mass is 448 g/mol. The van der Waals surface area contributed by atoms with Crippen molar-refractivity contribution >= 4 is 17.5 Å². The number of imidazole rings is 1. The van der Waals surface area contributed by atoms with E-state index in [-0.39, 0.29) is 24.3 Å². The molecule has 0 saturated heterocycles. The lowest BCUT2D eigenvalue weighted by molar-refractivity contribution is -0.128. The number of amides is 2. The number of rotatable bonds is 7.